The van der Waals surface area contributed by atoms with Gasteiger partial charge in [0.25, 0.3) is 0 Å². The van der Waals surface area contributed by atoms with Crippen LogP contribution >= 0.6 is 15.9 Å². The van der Waals surface area contributed by atoms with Gasteiger partial charge in [0, 0.05) is 11.0 Å². The van der Waals surface area contributed by atoms with Crippen LogP contribution in [0.3, 0.4) is 0 Å². The molecule has 19 heavy (non-hydrogen) atoms. The number of ether oxygens (including phenoxy) is 1. The van der Waals surface area contributed by atoms with Crippen LogP contribution < -0.4 is 0 Å². The van der Waals surface area contributed by atoms with E-state index in [9.17, 15) is 14.7 Å². The highest BCUT2D eigenvalue weighted by molar-refractivity contribution is 9.10. The zero-order valence-corrected chi connectivity index (χ0v) is 12.0. The number of carbonyl (C=O) groups excluding carboxylic acids is 1. The molecule has 0 aromatic heterocycles. The highest BCUT2D eigenvalue weighted by Crippen LogP contribution is 2.34. The van der Waals surface area contributed by atoms with Gasteiger partial charge in [-0.3, -0.25) is 4.90 Å². The number of aliphatic carboxylic acids is 1. The normalized spacial score (nSPS) is 17.8. The SMILES string of the molecule is CCOC(=O)N1CCc2c(Br)cccc2C1C(=O)O. The number of carboxylic acid groups (broad SMARTS) is 1. The summed E-state index contributed by atoms with van der Waals surface area (Å²) in [4.78, 5) is 24.6. The second-order valence-electron chi connectivity index (χ2n) is 4.19. The first kappa shape index (κ1) is 13.9. The number of amides is 1. The van der Waals surface area contributed by atoms with Gasteiger partial charge >= 0.3 is 12.1 Å². The molecular weight excluding hydrogens is 314 g/mol. The first-order valence-electron chi connectivity index (χ1n) is 5.99. The molecule has 0 bridgehead atoms. The predicted octanol–water partition coefficient (Wildman–Crippen LogP) is 2.59. The molecule has 1 N–H and O–H groups in total. The third-order valence-electron chi connectivity index (χ3n) is 3.10. The van der Waals surface area contributed by atoms with E-state index in [0.29, 0.717) is 18.5 Å². The summed E-state index contributed by atoms with van der Waals surface area (Å²) in [7, 11) is 0. The van der Waals surface area contributed by atoms with Gasteiger partial charge in [0.05, 0.1) is 6.61 Å². The second kappa shape index (κ2) is 5.61. The third-order valence-corrected chi connectivity index (χ3v) is 3.84. The van der Waals surface area contributed by atoms with Crippen LogP contribution in [0.5, 0.6) is 0 Å². The first-order valence-corrected chi connectivity index (χ1v) is 6.79. The molecule has 6 heteroatoms. The number of nitrogens with zero attached hydrogens (tertiary/aromatic N) is 1. The molecule has 1 unspecified atom stereocenters. The van der Waals surface area contributed by atoms with Gasteiger partial charge in [-0.15, -0.1) is 0 Å². The molecule has 5 nitrogen and oxygen atoms in total. The van der Waals surface area contributed by atoms with Gasteiger partial charge in [-0.05, 0) is 30.5 Å². The number of rotatable bonds is 2. The summed E-state index contributed by atoms with van der Waals surface area (Å²) < 4.78 is 5.79. The smallest absolute Gasteiger partial charge is 0.410 e. The van der Waals surface area contributed by atoms with Gasteiger partial charge < -0.3 is 9.84 Å². The number of fused-ring (bicyclic) bond motifs is 1. The third kappa shape index (κ3) is 2.58. The summed E-state index contributed by atoms with van der Waals surface area (Å²) in [5.74, 6) is -1.05. The van der Waals surface area contributed by atoms with Gasteiger partial charge in [-0.2, -0.15) is 0 Å². The Labute approximate surface area is 119 Å². The Bertz CT molecular complexity index is 517. The predicted molar refractivity (Wildman–Crippen MR) is 72.0 cm³/mol. The van der Waals surface area contributed by atoms with E-state index in [1.165, 1.54) is 4.90 Å². The van der Waals surface area contributed by atoms with Gasteiger partial charge in [-0.25, -0.2) is 9.59 Å². The Kier molecular flexibility index (Phi) is 4.09. The molecule has 1 heterocycles. The van der Waals surface area contributed by atoms with Gasteiger partial charge in [-0.1, -0.05) is 28.1 Å². The molecule has 102 valence electrons. The molecular formula is C13H14BrNO4. The summed E-state index contributed by atoms with van der Waals surface area (Å²) in [6, 6.07) is 4.40. The lowest BCUT2D eigenvalue weighted by Crippen LogP contribution is -2.43. The van der Waals surface area contributed by atoms with Crippen LogP contribution in [0.25, 0.3) is 0 Å². The van der Waals surface area contributed by atoms with Crippen molar-refractivity contribution in [2.75, 3.05) is 13.2 Å². The molecule has 0 aliphatic carbocycles. The molecule has 0 saturated carbocycles. The Balaban J connectivity index is 2.42. The van der Waals surface area contributed by atoms with Crippen LogP contribution in [-0.4, -0.2) is 35.2 Å². The minimum absolute atomic E-state index is 0.229. The number of halogens is 1. The van der Waals surface area contributed by atoms with E-state index in [0.717, 1.165) is 10.0 Å². The van der Waals surface area contributed by atoms with Crippen molar-refractivity contribution in [2.24, 2.45) is 0 Å². The minimum Gasteiger partial charge on any atom is -0.479 e. The van der Waals surface area contributed by atoms with Crippen molar-refractivity contribution >= 4 is 28.0 Å². The van der Waals surface area contributed by atoms with E-state index in [4.69, 9.17) is 4.74 Å². The summed E-state index contributed by atoms with van der Waals surface area (Å²) in [6.07, 6.45) is 0.0276. The lowest BCUT2D eigenvalue weighted by Gasteiger charge is -2.34. The number of carbonyl (C=O) groups is 2. The van der Waals surface area contributed by atoms with Crippen LogP contribution in [-0.2, 0) is 16.0 Å². The molecule has 0 spiro atoms. The van der Waals surface area contributed by atoms with E-state index < -0.39 is 18.1 Å². The van der Waals surface area contributed by atoms with E-state index >= 15 is 0 Å². The Morgan fingerprint density at radius 3 is 2.89 bits per heavy atom. The summed E-state index contributed by atoms with van der Waals surface area (Å²) >= 11 is 3.42. The molecule has 1 atom stereocenters. The van der Waals surface area contributed by atoms with Crippen LogP contribution in [0, 0.1) is 0 Å². The standard InChI is InChI=1S/C13H14BrNO4/c1-2-19-13(18)15-7-6-8-9(11(15)12(16)17)4-3-5-10(8)14/h3-5,11H,2,6-7H2,1H3,(H,16,17). The van der Waals surface area contributed by atoms with E-state index in [-0.39, 0.29) is 6.61 Å². The molecule has 2 rings (SSSR count). The molecule has 1 aromatic rings. The number of carboxylic acids is 1. The zero-order chi connectivity index (χ0) is 14.0. The molecule has 1 aliphatic heterocycles. The summed E-state index contributed by atoms with van der Waals surface area (Å²) in [5, 5.41) is 9.40. The fourth-order valence-electron chi connectivity index (χ4n) is 2.29. The molecule has 0 fully saturated rings. The van der Waals surface area contributed by atoms with E-state index in [1.807, 2.05) is 6.07 Å². The number of hydrogen-bond acceptors (Lipinski definition) is 3. The summed E-state index contributed by atoms with van der Waals surface area (Å²) in [6.45, 7) is 2.26. The average Bonchev–Trinajstić information content (AvgIpc) is 2.37. The number of hydrogen-bond donors (Lipinski definition) is 1. The molecule has 1 aromatic carbocycles. The van der Waals surface area contributed by atoms with Crippen LogP contribution in [0.2, 0.25) is 0 Å². The fourth-order valence-corrected chi connectivity index (χ4v) is 2.87. The average molecular weight is 328 g/mol. The Morgan fingerprint density at radius 1 is 1.53 bits per heavy atom. The summed E-state index contributed by atoms with van der Waals surface area (Å²) in [5.41, 5.74) is 1.58. The molecule has 0 radical (unpaired) electrons. The van der Waals surface area contributed by atoms with Crippen LogP contribution in [0.1, 0.15) is 24.1 Å². The van der Waals surface area contributed by atoms with Crippen molar-refractivity contribution in [2.45, 2.75) is 19.4 Å². The van der Waals surface area contributed by atoms with Gasteiger partial charge in [0.2, 0.25) is 0 Å². The second-order valence-corrected chi connectivity index (χ2v) is 5.05. The topological polar surface area (TPSA) is 66.8 Å². The van der Waals surface area contributed by atoms with Crippen LogP contribution in [0.4, 0.5) is 4.79 Å². The van der Waals surface area contributed by atoms with Gasteiger partial charge in [0.15, 0.2) is 6.04 Å². The maximum atomic E-state index is 11.8. The Hall–Kier alpha value is -1.56. The lowest BCUT2D eigenvalue weighted by molar-refractivity contribution is -0.143. The van der Waals surface area contributed by atoms with Crippen LogP contribution in [0.15, 0.2) is 22.7 Å². The van der Waals surface area contributed by atoms with Crippen molar-refractivity contribution in [3.05, 3.63) is 33.8 Å². The maximum absolute atomic E-state index is 11.8. The number of benzene rings is 1. The van der Waals surface area contributed by atoms with Crippen molar-refractivity contribution in [1.29, 1.82) is 0 Å². The molecule has 1 amide bonds. The fraction of sp³-hybridized carbons (Fsp3) is 0.385. The maximum Gasteiger partial charge on any atom is 0.410 e. The lowest BCUT2D eigenvalue weighted by atomic mass is 9.93. The molecule has 1 aliphatic rings. The van der Waals surface area contributed by atoms with Crippen molar-refractivity contribution < 1.29 is 19.4 Å². The quantitative estimate of drug-likeness (QED) is 0.906. The first-order chi connectivity index (χ1) is 9.06. The zero-order valence-electron chi connectivity index (χ0n) is 10.4. The largest absolute Gasteiger partial charge is 0.479 e. The highest BCUT2D eigenvalue weighted by Gasteiger charge is 2.37. The van der Waals surface area contributed by atoms with E-state index in [2.05, 4.69) is 15.9 Å². The van der Waals surface area contributed by atoms with E-state index in [1.54, 1.807) is 19.1 Å². The van der Waals surface area contributed by atoms with Crippen molar-refractivity contribution in [3.63, 3.8) is 0 Å². The minimum atomic E-state index is -1.05. The Morgan fingerprint density at radius 2 is 2.26 bits per heavy atom. The monoisotopic (exact) mass is 327 g/mol. The molecule has 0 saturated heterocycles. The van der Waals surface area contributed by atoms with Crippen molar-refractivity contribution in [3.8, 4) is 0 Å². The van der Waals surface area contributed by atoms with Gasteiger partial charge in [0.1, 0.15) is 0 Å². The highest BCUT2D eigenvalue weighted by atomic mass is 79.9. The van der Waals surface area contributed by atoms with Crippen molar-refractivity contribution in [1.82, 2.24) is 4.90 Å².